The summed E-state index contributed by atoms with van der Waals surface area (Å²) in [6, 6.07) is 4.68. The molecule has 0 aliphatic heterocycles. The zero-order valence-electron chi connectivity index (χ0n) is 24.7. The van der Waals surface area contributed by atoms with Crippen molar-refractivity contribution in [3.8, 4) is 23.0 Å². The molecule has 0 radical (unpaired) electrons. The second kappa shape index (κ2) is 14.1. The van der Waals surface area contributed by atoms with Crippen LogP contribution in [0.1, 0.15) is 79.4 Å². The average molecular weight is 649 g/mol. The molecule has 46 heavy (non-hydrogen) atoms. The highest BCUT2D eigenvalue weighted by Gasteiger charge is 2.33. The highest BCUT2D eigenvalue weighted by atomic mass is 19.3. The van der Waals surface area contributed by atoms with Crippen molar-refractivity contribution in [1.29, 1.82) is 0 Å². The van der Waals surface area contributed by atoms with Crippen molar-refractivity contribution >= 4 is 17.9 Å². The van der Waals surface area contributed by atoms with Gasteiger partial charge in [0.25, 0.3) is 5.91 Å². The lowest BCUT2D eigenvalue weighted by atomic mass is 10.0. The molecule has 3 aromatic rings. The molecule has 2 aliphatic carbocycles. The van der Waals surface area contributed by atoms with E-state index in [4.69, 9.17) is 19.6 Å². The number of oxazole rings is 1. The number of ether oxygens (including phenoxy) is 3. The Hall–Kier alpha value is -4.82. The summed E-state index contributed by atoms with van der Waals surface area (Å²) in [6.07, 6.45) is 2.59. The van der Waals surface area contributed by atoms with Crippen LogP contribution in [0.2, 0.25) is 0 Å². The Labute approximate surface area is 260 Å². The molecule has 4 N–H and O–H groups in total. The topological polar surface area (TPSA) is 155 Å². The lowest BCUT2D eigenvalue weighted by Gasteiger charge is -2.22. The van der Waals surface area contributed by atoms with Gasteiger partial charge in [0.1, 0.15) is 17.7 Å². The third-order valence-electron chi connectivity index (χ3n) is 7.62. The van der Waals surface area contributed by atoms with Gasteiger partial charge in [0.15, 0.2) is 29.1 Å². The van der Waals surface area contributed by atoms with Crippen LogP contribution in [0.3, 0.4) is 0 Å². The molecule has 2 fully saturated rings. The SMILES string of the molecule is CC(OC(N)=O)c1oc(-c2ccc(OC(F)F)c(OCC3CC3)c2)nc1C(=O)NC(C(=O)NC1CCCC1)c1ccc(F)cc1F. The second-order valence-electron chi connectivity index (χ2n) is 11.2. The van der Waals surface area contributed by atoms with Crippen LogP contribution in [0.5, 0.6) is 11.5 Å². The van der Waals surface area contributed by atoms with E-state index in [0.717, 1.165) is 37.8 Å². The second-order valence-corrected chi connectivity index (χ2v) is 11.2. The smallest absolute Gasteiger partial charge is 0.405 e. The van der Waals surface area contributed by atoms with E-state index in [1.54, 1.807) is 0 Å². The first-order valence-electron chi connectivity index (χ1n) is 14.7. The Morgan fingerprint density at radius 1 is 1.04 bits per heavy atom. The van der Waals surface area contributed by atoms with E-state index >= 15 is 0 Å². The summed E-state index contributed by atoms with van der Waals surface area (Å²) >= 11 is 0. The molecule has 0 saturated heterocycles. The minimum absolute atomic E-state index is 0.0210. The summed E-state index contributed by atoms with van der Waals surface area (Å²) in [7, 11) is 0. The fourth-order valence-corrected chi connectivity index (χ4v) is 5.14. The largest absolute Gasteiger partial charge is 0.489 e. The molecule has 2 aromatic carbocycles. The molecule has 246 valence electrons. The highest BCUT2D eigenvalue weighted by Crippen LogP contribution is 2.37. The molecule has 2 atom stereocenters. The normalized spacial score (nSPS) is 16.1. The van der Waals surface area contributed by atoms with Crippen LogP contribution in [-0.2, 0) is 9.53 Å². The maximum absolute atomic E-state index is 14.9. The number of carbonyl (C=O) groups is 3. The molecule has 0 bridgehead atoms. The minimum atomic E-state index is -3.12. The number of carbonyl (C=O) groups excluding carboxylic acids is 3. The molecule has 1 aromatic heterocycles. The van der Waals surface area contributed by atoms with E-state index in [1.807, 2.05) is 0 Å². The van der Waals surface area contributed by atoms with E-state index in [-0.39, 0.29) is 52.8 Å². The molecule has 2 unspecified atom stereocenters. The lowest BCUT2D eigenvalue weighted by molar-refractivity contribution is -0.123. The van der Waals surface area contributed by atoms with Crippen LogP contribution >= 0.6 is 0 Å². The van der Waals surface area contributed by atoms with Gasteiger partial charge in [-0.05, 0) is 62.8 Å². The maximum atomic E-state index is 14.9. The third-order valence-corrected chi connectivity index (χ3v) is 7.62. The summed E-state index contributed by atoms with van der Waals surface area (Å²) in [5, 5.41) is 5.24. The van der Waals surface area contributed by atoms with Crippen LogP contribution in [0.15, 0.2) is 40.8 Å². The molecular formula is C31H32F4N4O7. The van der Waals surface area contributed by atoms with Gasteiger partial charge in [0.05, 0.1) is 6.61 Å². The molecular weight excluding hydrogens is 616 g/mol. The number of aromatic nitrogens is 1. The van der Waals surface area contributed by atoms with Crippen LogP contribution in [0.4, 0.5) is 22.4 Å². The van der Waals surface area contributed by atoms with Crippen LogP contribution in [0.25, 0.3) is 11.5 Å². The number of primary amides is 1. The van der Waals surface area contributed by atoms with Crippen molar-refractivity contribution in [2.45, 2.75) is 70.2 Å². The molecule has 2 saturated carbocycles. The number of nitrogens with zero attached hydrogens (tertiary/aromatic N) is 1. The Bertz CT molecular complexity index is 1590. The van der Waals surface area contributed by atoms with Crippen molar-refractivity contribution < 1.29 is 50.6 Å². The van der Waals surface area contributed by atoms with Gasteiger partial charge in [0, 0.05) is 23.2 Å². The van der Waals surface area contributed by atoms with Gasteiger partial charge in [0.2, 0.25) is 11.8 Å². The number of rotatable bonds is 13. The van der Waals surface area contributed by atoms with Gasteiger partial charge in [-0.15, -0.1) is 0 Å². The maximum Gasteiger partial charge on any atom is 0.405 e. The number of hydrogen-bond donors (Lipinski definition) is 3. The molecule has 1 heterocycles. The van der Waals surface area contributed by atoms with Crippen molar-refractivity contribution in [3.63, 3.8) is 0 Å². The number of amides is 3. The lowest BCUT2D eigenvalue weighted by Crippen LogP contribution is -2.44. The van der Waals surface area contributed by atoms with Crippen molar-refractivity contribution in [2.24, 2.45) is 11.7 Å². The molecule has 11 nitrogen and oxygen atoms in total. The molecule has 0 spiro atoms. The summed E-state index contributed by atoms with van der Waals surface area (Å²) in [5.41, 5.74) is 4.61. The first-order valence-corrected chi connectivity index (χ1v) is 14.7. The summed E-state index contributed by atoms with van der Waals surface area (Å²) in [6.45, 7) is -1.50. The van der Waals surface area contributed by atoms with E-state index in [9.17, 15) is 31.9 Å². The quantitative estimate of drug-likeness (QED) is 0.200. The fraction of sp³-hybridized carbons (Fsp3) is 0.419. The van der Waals surface area contributed by atoms with Gasteiger partial charge >= 0.3 is 12.7 Å². The summed E-state index contributed by atoms with van der Waals surface area (Å²) in [5.74, 6) is -4.17. The Balaban J connectivity index is 1.49. The third kappa shape index (κ3) is 8.06. The zero-order valence-corrected chi connectivity index (χ0v) is 24.7. The Morgan fingerprint density at radius 2 is 1.78 bits per heavy atom. The molecule has 15 heteroatoms. The Kier molecular flexibility index (Phi) is 9.97. The van der Waals surface area contributed by atoms with E-state index in [0.29, 0.717) is 18.9 Å². The van der Waals surface area contributed by atoms with Crippen LogP contribution < -0.4 is 25.8 Å². The predicted octanol–water partition coefficient (Wildman–Crippen LogP) is 5.70. The van der Waals surface area contributed by atoms with Crippen LogP contribution in [-0.4, -0.2) is 42.2 Å². The van der Waals surface area contributed by atoms with E-state index in [2.05, 4.69) is 20.4 Å². The fourth-order valence-electron chi connectivity index (χ4n) is 5.14. The van der Waals surface area contributed by atoms with Gasteiger partial charge < -0.3 is 35.0 Å². The zero-order chi connectivity index (χ0) is 33.0. The molecule has 5 rings (SSSR count). The molecule has 2 aliphatic rings. The number of benzene rings is 2. The van der Waals surface area contributed by atoms with Crippen molar-refractivity contribution in [1.82, 2.24) is 15.6 Å². The van der Waals surface area contributed by atoms with Crippen molar-refractivity contribution in [3.05, 3.63) is 65.1 Å². The number of nitrogens with two attached hydrogens (primary N) is 1. The summed E-state index contributed by atoms with van der Waals surface area (Å²) in [4.78, 5) is 42.9. The van der Waals surface area contributed by atoms with E-state index in [1.165, 1.54) is 25.1 Å². The predicted molar refractivity (Wildman–Crippen MR) is 153 cm³/mol. The first kappa shape index (κ1) is 32.6. The van der Waals surface area contributed by atoms with Gasteiger partial charge in [-0.25, -0.2) is 18.6 Å². The monoisotopic (exact) mass is 648 g/mol. The molecule has 3 amide bonds. The number of halogens is 4. The minimum Gasteiger partial charge on any atom is -0.489 e. The average Bonchev–Trinajstić information content (AvgIpc) is 3.47. The standard InChI is InChI=1S/C31H32F4N4O7/c1-15(44-31(36)42)26-25(39-29(46-26)17-8-11-22(45-30(34)35)23(12-17)43-14-16-6-7-16)28(41)38-24(20-10-9-18(32)13-21(20)33)27(40)37-19-4-2-3-5-19/h8-13,15-16,19,24,30H,2-7,14H2,1H3,(H2,36,42)(H,37,40)(H,38,41). The van der Waals surface area contributed by atoms with Gasteiger partial charge in [-0.3, -0.25) is 9.59 Å². The number of nitrogens with one attached hydrogen (secondary N) is 2. The van der Waals surface area contributed by atoms with Crippen LogP contribution in [0, 0.1) is 17.6 Å². The number of alkyl halides is 2. The highest BCUT2D eigenvalue weighted by molar-refractivity contribution is 5.97. The first-order chi connectivity index (χ1) is 22.0. The number of hydrogen-bond acceptors (Lipinski definition) is 8. The Morgan fingerprint density at radius 3 is 2.43 bits per heavy atom. The van der Waals surface area contributed by atoms with E-state index < -0.39 is 54.0 Å². The van der Waals surface area contributed by atoms with Gasteiger partial charge in [-0.2, -0.15) is 8.78 Å². The summed E-state index contributed by atoms with van der Waals surface area (Å²) < 4.78 is 75.8. The van der Waals surface area contributed by atoms with Gasteiger partial charge in [-0.1, -0.05) is 18.9 Å². The van der Waals surface area contributed by atoms with Crippen molar-refractivity contribution in [2.75, 3.05) is 6.61 Å².